The molecule has 2 heterocycles. The van der Waals surface area contributed by atoms with Crippen LogP contribution in [0.15, 0.2) is 0 Å². The number of hydrogen-bond acceptors (Lipinski definition) is 3. The Labute approximate surface area is 152 Å². The first-order valence-electron chi connectivity index (χ1n) is 10.2. The van der Waals surface area contributed by atoms with Gasteiger partial charge in [-0.3, -0.25) is 9.48 Å². The number of amides is 1. The minimum Gasteiger partial charge on any atom is -0.337 e. The van der Waals surface area contributed by atoms with Gasteiger partial charge in [0.25, 0.3) is 5.91 Å². The van der Waals surface area contributed by atoms with Crippen LogP contribution in [0.1, 0.15) is 74.1 Å². The van der Waals surface area contributed by atoms with Gasteiger partial charge in [-0.25, -0.2) is 0 Å². The Morgan fingerprint density at radius 3 is 2.68 bits per heavy atom. The van der Waals surface area contributed by atoms with E-state index in [0.29, 0.717) is 6.04 Å². The van der Waals surface area contributed by atoms with Gasteiger partial charge in [-0.2, -0.15) is 5.10 Å². The molecule has 1 aromatic heterocycles. The molecule has 1 atom stereocenters. The highest BCUT2D eigenvalue weighted by molar-refractivity contribution is 5.94. The Morgan fingerprint density at radius 1 is 1.24 bits per heavy atom. The van der Waals surface area contributed by atoms with Crippen molar-refractivity contribution < 1.29 is 4.79 Å². The first-order valence-corrected chi connectivity index (χ1v) is 10.2. The van der Waals surface area contributed by atoms with Gasteiger partial charge >= 0.3 is 0 Å². The van der Waals surface area contributed by atoms with Crippen LogP contribution in [0.4, 0.5) is 0 Å². The van der Waals surface area contributed by atoms with E-state index in [-0.39, 0.29) is 5.91 Å². The standard InChI is InChI=1S/C20H34N4O/c1-4-6-12-22(3)16-10-11-18-17(15-16)19(21-24(18)5-2)20(25)23-13-8-7-9-14-23/h16H,4-15H2,1-3H3. The molecule has 5 nitrogen and oxygen atoms in total. The fraction of sp³-hybridized carbons (Fsp3) is 0.800. The number of unbranched alkanes of at least 4 members (excludes halogenated alkanes) is 1. The quantitative estimate of drug-likeness (QED) is 0.795. The van der Waals surface area contributed by atoms with Crippen molar-refractivity contribution in [3.8, 4) is 0 Å². The van der Waals surface area contributed by atoms with Crippen LogP contribution in [-0.4, -0.2) is 58.2 Å². The number of likely N-dealkylation sites (tertiary alicyclic amines) is 1. The number of rotatable bonds is 6. The average molecular weight is 347 g/mol. The molecule has 0 spiro atoms. The molecule has 0 N–H and O–H groups in total. The van der Waals surface area contributed by atoms with Crippen molar-refractivity contribution in [1.82, 2.24) is 19.6 Å². The summed E-state index contributed by atoms with van der Waals surface area (Å²) in [6, 6.07) is 0.543. The van der Waals surface area contributed by atoms with Crippen molar-refractivity contribution in [2.24, 2.45) is 0 Å². The monoisotopic (exact) mass is 346 g/mol. The lowest BCUT2D eigenvalue weighted by Crippen LogP contribution is -2.39. The van der Waals surface area contributed by atoms with Crippen LogP contribution in [0, 0.1) is 0 Å². The second-order valence-electron chi connectivity index (χ2n) is 7.67. The second kappa shape index (κ2) is 8.35. The smallest absolute Gasteiger partial charge is 0.274 e. The van der Waals surface area contributed by atoms with Crippen LogP contribution in [0.5, 0.6) is 0 Å². The Balaban J connectivity index is 1.81. The van der Waals surface area contributed by atoms with Crippen LogP contribution in [0.25, 0.3) is 0 Å². The van der Waals surface area contributed by atoms with Gasteiger partial charge in [0.15, 0.2) is 5.69 Å². The number of fused-ring (bicyclic) bond motifs is 1. The third kappa shape index (κ3) is 3.91. The maximum Gasteiger partial charge on any atom is 0.274 e. The van der Waals surface area contributed by atoms with Gasteiger partial charge in [0.1, 0.15) is 0 Å². The summed E-state index contributed by atoms with van der Waals surface area (Å²) in [6.07, 6.45) is 9.18. The molecule has 0 bridgehead atoms. The Morgan fingerprint density at radius 2 is 2.00 bits per heavy atom. The Hall–Kier alpha value is -1.36. The molecule has 140 valence electrons. The summed E-state index contributed by atoms with van der Waals surface area (Å²) in [7, 11) is 2.24. The molecule has 1 fully saturated rings. The van der Waals surface area contributed by atoms with Gasteiger partial charge < -0.3 is 9.80 Å². The number of likely N-dealkylation sites (N-methyl/N-ethyl adjacent to an activating group) is 1. The summed E-state index contributed by atoms with van der Waals surface area (Å²) in [6.45, 7) is 8.16. The third-order valence-electron chi connectivity index (χ3n) is 5.95. The third-order valence-corrected chi connectivity index (χ3v) is 5.95. The predicted molar refractivity (Wildman–Crippen MR) is 101 cm³/mol. The minimum atomic E-state index is 0.167. The van der Waals surface area contributed by atoms with Gasteiger partial charge in [-0.1, -0.05) is 13.3 Å². The highest BCUT2D eigenvalue weighted by Gasteiger charge is 2.32. The second-order valence-corrected chi connectivity index (χ2v) is 7.67. The van der Waals surface area contributed by atoms with Crippen LogP contribution in [0.3, 0.4) is 0 Å². The molecule has 2 aliphatic rings. The molecule has 0 radical (unpaired) electrons. The lowest BCUT2D eigenvalue weighted by Gasteiger charge is -2.32. The normalized spacial score (nSPS) is 20.8. The molecule has 0 aromatic carbocycles. The number of carbonyl (C=O) groups excluding carboxylic acids is 1. The minimum absolute atomic E-state index is 0.167. The zero-order valence-corrected chi connectivity index (χ0v) is 16.3. The number of aryl methyl sites for hydroxylation is 1. The van der Waals surface area contributed by atoms with E-state index in [1.54, 1.807) is 0 Å². The van der Waals surface area contributed by atoms with Gasteiger partial charge in [-0.05, 0) is 65.5 Å². The number of carbonyl (C=O) groups is 1. The summed E-state index contributed by atoms with van der Waals surface area (Å²) < 4.78 is 2.08. The molecule has 1 amide bonds. The average Bonchev–Trinajstić information content (AvgIpc) is 3.04. The molecular formula is C20H34N4O. The summed E-state index contributed by atoms with van der Waals surface area (Å²) in [4.78, 5) is 17.6. The maximum atomic E-state index is 13.1. The van der Waals surface area contributed by atoms with Crippen LogP contribution in [-0.2, 0) is 19.4 Å². The molecule has 1 aliphatic heterocycles. The SMILES string of the molecule is CCCCN(C)C1CCc2c(c(C(=O)N3CCCCC3)nn2CC)C1. The molecule has 0 saturated carbocycles. The fourth-order valence-corrected chi connectivity index (χ4v) is 4.32. The molecule has 3 rings (SSSR count). The largest absolute Gasteiger partial charge is 0.337 e. The van der Waals surface area contributed by atoms with E-state index >= 15 is 0 Å². The van der Waals surface area contributed by atoms with E-state index in [0.717, 1.165) is 57.6 Å². The van der Waals surface area contributed by atoms with E-state index in [9.17, 15) is 4.79 Å². The van der Waals surface area contributed by atoms with Crippen molar-refractivity contribution in [1.29, 1.82) is 0 Å². The van der Waals surface area contributed by atoms with E-state index in [2.05, 4.69) is 30.5 Å². The van der Waals surface area contributed by atoms with Crippen molar-refractivity contribution >= 4 is 5.91 Å². The first-order chi connectivity index (χ1) is 12.2. The molecule has 1 unspecified atom stereocenters. The molecular weight excluding hydrogens is 312 g/mol. The summed E-state index contributed by atoms with van der Waals surface area (Å²) in [5.41, 5.74) is 3.28. The number of hydrogen-bond donors (Lipinski definition) is 0. The lowest BCUT2D eigenvalue weighted by atomic mass is 9.90. The molecule has 1 aromatic rings. The van der Waals surface area contributed by atoms with Gasteiger partial charge in [-0.15, -0.1) is 0 Å². The molecule has 1 saturated heterocycles. The number of aromatic nitrogens is 2. The predicted octanol–water partition coefficient (Wildman–Crippen LogP) is 3.12. The Bertz CT molecular complexity index is 589. The number of piperidine rings is 1. The lowest BCUT2D eigenvalue weighted by molar-refractivity contribution is 0.0715. The molecule has 5 heteroatoms. The van der Waals surface area contributed by atoms with Crippen LogP contribution < -0.4 is 0 Å². The summed E-state index contributed by atoms with van der Waals surface area (Å²) in [5.74, 6) is 0.167. The van der Waals surface area contributed by atoms with E-state index in [1.165, 1.54) is 36.9 Å². The van der Waals surface area contributed by atoms with E-state index in [1.807, 2.05) is 4.90 Å². The highest BCUT2D eigenvalue weighted by Crippen LogP contribution is 2.28. The zero-order valence-electron chi connectivity index (χ0n) is 16.3. The fourth-order valence-electron chi connectivity index (χ4n) is 4.32. The zero-order chi connectivity index (χ0) is 17.8. The molecule has 1 aliphatic carbocycles. The molecule has 25 heavy (non-hydrogen) atoms. The van der Waals surface area contributed by atoms with Crippen molar-refractivity contribution in [2.75, 3.05) is 26.7 Å². The first kappa shape index (κ1) is 18.4. The van der Waals surface area contributed by atoms with Crippen molar-refractivity contribution in [3.63, 3.8) is 0 Å². The number of nitrogens with zero attached hydrogens (tertiary/aromatic N) is 4. The van der Waals surface area contributed by atoms with Gasteiger partial charge in [0, 0.05) is 36.9 Å². The summed E-state index contributed by atoms with van der Waals surface area (Å²) in [5, 5.41) is 4.75. The summed E-state index contributed by atoms with van der Waals surface area (Å²) >= 11 is 0. The van der Waals surface area contributed by atoms with Crippen LogP contribution >= 0.6 is 0 Å². The van der Waals surface area contributed by atoms with E-state index < -0.39 is 0 Å². The van der Waals surface area contributed by atoms with E-state index in [4.69, 9.17) is 5.10 Å². The maximum absolute atomic E-state index is 13.1. The van der Waals surface area contributed by atoms with Crippen molar-refractivity contribution in [3.05, 3.63) is 17.0 Å². The Kier molecular flexibility index (Phi) is 6.15. The highest BCUT2D eigenvalue weighted by atomic mass is 16.2. The van der Waals surface area contributed by atoms with Gasteiger partial charge in [0.05, 0.1) is 0 Å². The van der Waals surface area contributed by atoms with Gasteiger partial charge in [0.2, 0.25) is 0 Å². The van der Waals surface area contributed by atoms with Crippen LogP contribution in [0.2, 0.25) is 0 Å². The van der Waals surface area contributed by atoms with Crippen molar-refractivity contribution in [2.45, 2.75) is 77.8 Å². The topological polar surface area (TPSA) is 41.4 Å².